The molecule has 3 aromatic rings. The van der Waals surface area contributed by atoms with Crippen LogP contribution in [0.4, 0.5) is 20.2 Å². The summed E-state index contributed by atoms with van der Waals surface area (Å²) in [4.78, 5) is 24.1. The third-order valence-corrected chi connectivity index (χ3v) is 5.91. The summed E-state index contributed by atoms with van der Waals surface area (Å²) < 4.78 is 32.0. The van der Waals surface area contributed by atoms with Gasteiger partial charge in [0.05, 0.1) is 16.6 Å². The summed E-state index contributed by atoms with van der Waals surface area (Å²) in [7, 11) is 0. The van der Waals surface area contributed by atoms with E-state index >= 15 is 8.78 Å². The molecule has 0 unspecified atom stereocenters. The minimum absolute atomic E-state index is 0.127. The fraction of sp³-hybridized carbons (Fsp3) is 0.273. The fourth-order valence-electron chi connectivity index (χ4n) is 4.09. The first-order chi connectivity index (χ1) is 14.4. The standard InChI is InChI=1S/C22H19F2N3O3/c23-16-18(25)15-20(27(11-6-7-11)9-13(21(15)28)22(29)30)17(24)19(16)26-14-8-12(14)10-4-2-1-3-5-10/h1-5,9,11-12,14,26H,6-8,25H2,(H,29,30)/t12-,14+/m0/s1. The van der Waals surface area contributed by atoms with Gasteiger partial charge in [-0.2, -0.15) is 0 Å². The van der Waals surface area contributed by atoms with E-state index in [2.05, 4.69) is 5.32 Å². The lowest BCUT2D eigenvalue weighted by Crippen LogP contribution is -2.22. The molecule has 0 spiro atoms. The molecule has 154 valence electrons. The highest BCUT2D eigenvalue weighted by Gasteiger charge is 2.40. The molecule has 0 bridgehead atoms. The monoisotopic (exact) mass is 411 g/mol. The van der Waals surface area contributed by atoms with Crippen LogP contribution in [0.2, 0.25) is 0 Å². The van der Waals surface area contributed by atoms with Crippen molar-refractivity contribution in [2.24, 2.45) is 0 Å². The van der Waals surface area contributed by atoms with Crippen LogP contribution in [0.15, 0.2) is 41.3 Å². The fourth-order valence-corrected chi connectivity index (χ4v) is 4.09. The molecular weight excluding hydrogens is 392 g/mol. The highest BCUT2D eigenvalue weighted by Crippen LogP contribution is 2.45. The zero-order chi connectivity index (χ0) is 21.2. The zero-order valence-electron chi connectivity index (χ0n) is 15.9. The van der Waals surface area contributed by atoms with Crippen LogP contribution in [0.5, 0.6) is 0 Å². The third kappa shape index (κ3) is 2.82. The van der Waals surface area contributed by atoms with E-state index in [9.17, 15) is 14.7 Å². The average molecular weight is 411 g/mol. The number of halogens is 2. The van der Waals surface area contributed by atoms with E-state index in [-0.39, 0.29) is 29.2 Å². The van der Waals surface area contributed by atoms with Gasteiger partial charge in [0, 0.05) is 24.2 Å². The van der Waals surface area contributed by atoms with E-state index in [1.165, 1.54) is 4.57 Å². The Bertz CT molecular complexity index is 1250. The molecule has 0 saturated heterocycles. The molecule has 4 N–H and O–H groups in total. The lowest BCUT2D eigenvalue weighted by atomic mass is 10.1. The first-order valence-electron chi connectivity index (χ1n) is 9.78. The number of rotatable bonds is 5. The predicted octanol–water partition coefficient (Wildman–Crippen LogP) is 3.86. The maximum atomic E-state index is 15.5. The number of fused-ring (bicyclic) bond motifs is 1. The number of aromatic nitrogens is 1. The minimum atomic E-state index is -1.46. The number of nitrogens with one attached hydrogen (secondary N) is 1. The van der Waals surface area contributed by atoms with Gasteiger partial charge in [-0.25, -0.2) is 13.6 Å². The smallest absolute Gasteiger partial charge is 0.341 e. The second-order valence-electron chi connectivity index (χ2n) is 7.96. The molecule has 2 aliphatic carbocycles. The Morgan fingerprint density at radius 1 is 1.17 bits per heavy atom. The summed E-state index contributed by atoms with van der Waals surface area (Å²) in [6.45, 7) is 0. The van der Waals surface area contributed by atoms with Gasteiger partial charge in [-0.15, -0.1) is 0 Å². The quantitative estimate of drug-likeness (QED) is 0.554. The maximum Gasteiger partial charge on any atom is 0.341 e. The van der Waals surface area contributed by atoms with Crippen molar-refractivity contribution in [3.8, 4) is 0 Å². The van der Waals surface area contributed by atoms with Gasteiger partial charge in [0.2, 0.25) is 5.43 Å². The predicted molar refractivity (Wildman–Crippen MR) is 109 cm³/mol. The second kappa shape index (κ2) is 6.55. The van der Waals surface area contributed by atoms with Crippen molar-refractivity contribution >= 4 is 28.2 Å². The number of pyridine rings is 1. The topological polar surface area (TPSA) is 97.3 Å². The Morgan fingerprint density at radius 2 is 1.87 bits per heavy atom. The number of benzene rings is 2. The molecule has 6 nitrogen and oxygen atoms in total. The van der Waals surface area contributed by atoms with Crippen LogP contribution in [0.1, 0.15) is 47.1 Å². The van der Waals surface area contributed by atoms with Crippen LogP contribution < -0.4 is 16.5 Å². The van der Waals surface area contributed by atoms with Gasteiger partial charge >= 0.3 is 5.97 Å². The molecule has 2 aromatic carbocycles. The Balaban J connectivity index is 1.64. The lowest BCUT2D eigenvalue weighted by Gasteiger charge is -2.18. The zero-order valence-corrected chi connectivity index (χ0v) is 15.9. The molecule has 30 heavy (non-hydrogen) atoms. The van der Waals surface area contributed by atoms with Gasteiger partial charge in [-0.1, -0.05) is 30.3 Å². The van der Waals surface area contributed by atoms with Crippen LogP contribution in [-0.4, -0.2) is 21.7 Å². The van der Waals surface area contributed by atoms with Crippen molar-refractivity contribution in [1.82, 2.24) is 4.57 Å². The van der Waals surface area contributed by atoms with Crippen LogP contribution >= 0.6 is 0 Å². The van der Waals surface area contributed by atoms with E-state index in [1.807, 2.05) is 30.3 Å². The number of anilines is 2. The minimum Gasteiger partial charge on any atom is -0.477 e. The lowest BCUT2D eigenvalue weighted by molar-refractivity contribution is 0.0695. The molecule has 0 amide bonds. The third-order valence-electron chi connectivity index (χ3n) is 5.91. The Kier molecular flexibility index (Phi) is 4.06. The summed E-state index contributed by atoms with van der Waals surface area (Å²) in [6.07, 6.45) is 3.29. The molecule has 2 fully saturated rings. The molecule has 0 radical (unpaired) electrons. The number of carboxylic acid groups (broad SMARTS) is 1. The van der Waals surface area contributed by atoms with E-state index < -0.39 is 39.7 Å². The molecular formula is C22H19F2N3O3. The van der Waals surface area contributed by atoms with Crippen LogP contribution in [0.3, 0.4) is 0 Å². The second-order valence-corrected chi connectivity index (χ2v) is 7.96. The number of carboxylic acids is 1. The summed E-state index contributed by atoms with van der Waals surface area (Å²) in [5, 5.41) is 11.8. The normalized spacial score (nSPS) is 20.3. The Hall–Kier alpha value is -3.42. The van der Waals surface area contributed by atoms with E-state index in [0.29, 0.717) is 6.42 Å². The SMILES string of the molecule is Nc1c(F)c(N[C@@H]2C[C@H]2c2ccccc2)c(F)c2c1c(=O)c(C(=O)O)cn2C1CC1. The molecule has 2 atom stereocenters. The maximum absolute atomic E-state index is 15.5. The van der Waals surface area contributed by atoms with E-state index in [4.69, 9.17) is 5.73 Å². The van der Waals surface area contributed by atoms with Crippen molar-refractivity contribution < 1.29 is 18.7 Å². The van der Waals surface area contributed by atoms with Gasteiger partial charge in [-0.05, 0) is 24.8 Å². The van der Waals surface area contributed by atoms with Crippen molar-refractivity contribution in [3.63, 3.8) is 0 Å². The summed E-state index contributed by atoms with van der Waals surface area (Å²) in [5.74, 6) is -3.32. The highest BCUT2D eigenvalue weighted by molar-refractivity contribution is 5.99. The molecule has 2 aliphatic rings. The molecule has 1 heterocycles. The van der Waals surface area contributed by atoms with Gasteiger partial charge in [-0.3, -0.25) is 4.79 Å². The highest BCUT2D eigenvalue weighted by atomic mass is 19.1. The van der Waals surface area contributed by atoms with E-state index in [1.54, 1.807) is 0 Å². The average Bonchev–Trinajstić information content (AvgIpc) is 3.64. The van der Waals surface area contributed by atoms with Crippen LogP contribution in [0.25, 0.3) is 10.9 Å². The van der Waals surface area contributed by atoms with Gasteiger partial charge < -0.3 is 20.7 Å². The summed E-state index contributed by atoms with van der Waals surface area (Å²) in [5.41, 5.74) is 4.39. The van der Waals surface area contributed by atoms with Gasteiger partial charge in [0.25, 0.3) is 0 Å². The summed E-state index contributed by atoms with van der Waals surface area (Å²) in [6, 6.07) is 9.35. The molecule has 5 rings (SSSR count). The number of carbonyl (C=O) groups is 1. The number of hydrogen-bond donors (Lipinski definition) is 3. The van der Waals surface area contributed by atoms with E-state index in [0.717, 1.165) is 24.6 Å². The largest absolute Gasteiger partial charge is 0.477 e. The van der Waals surface area contributed by atoms with Crippen LogP contribution in [0, 0.1) is 11.6 Å². The molecule has 2 saturated carbocycles. The first kappa shape index (κ1) is 18.6. The number of nitrogens with zero attached hydrogens (tertiary/aromatic N) is 1. The number of hydrogen-bond acceptors (Lipinski definition) is 4. The van der Waals surface area contributed by atoms with Gasteiger partial charge in [0.15, 0.2) is 11.6 Å². The van der Waals surface area contributed by atoms with Crippen molar-refractivity contribution in [3.05, 3.63) is 69.5 Å². The van der Waals surface area contributed by atoms with Crippen molar-refractivity contribution in [2.45, 2.75) is 37.3 Å². The van der Waals surface area contributed by atoms with Crippen molar-refractivity contribution in [2.75, 3.05) is 11.1 Å². The summed E-state index contributed by atoms with van der Waals surface area (Å²) >= 11 is 0. The number of aromatic carboxylic acids is 1. The molecule has 1 aromatic heterocycles. The first-order valence-corrected chi connectivity index (χ1v) is 9.78. The Labute approximate surface area is 169 Å². The van der Waals surface area contributed by atoms with Crippen LogP contribution in [-0.2, 0) is 0 Å². The van der Waals surface area contributed by atoms with Gasteiger partial charge in [0.1, 0.15) is 11.3 Å². The Morgan fingerprint density at radius 3 is 2.50 bits per heavy atom. The molecule has 0 aliphatic heterocycles. The number of nitrogen functional groups attached to an aromatic ring is 1. The number of nitrogens with two attached hydrogens (primary N) is 1. The molecule has 8 heteroatoms. The van der Waals surface area contributed by atoms with Crippen molar-refractivity contribution in [1.29, 1.82) is 0 Å².